The number of esters is 1. The van der Waals surface area contributed by atoms with E-state index in [-0.39, 0.29) is 23.9 Å². The lowest BCUT2D eigenvalue weighted by molar-refractivity contribution is -0.144. The standard InChI is InChI=1S/C16H21N3O3S2/c1-11(2)22-14(20)10-24-16-18-17-15(13-6-4-8-23-13)19(16)9-12-5-3-7-21-12/h4,6,8,11-12H,3,5,7,9-10H2,1-2H3. The van der Waals surface area contributed by atoms with Crippen LogP contribution in [-0.4, -0.2) is 45.3 Å². The van der Waals surface area contributed by atoms with Crippen LogP contribution in [0.2, 0.25) is 0 Å². The quantitative estimate of drug-likeness (QED) is 0.553. The van der Waals surface area contributed by atoms with Crippen LogP contribution in [0.5, 0.6) is 0 Å². The lowest BCUT2D eigenvalue weighted by Crippen LogP contribution is -2.17. The first kappa shape index (κ1) is 17.4. The van der Waals surface area contributed by atoms with E-state index in [9.17, 15) is 4.79 Å². The van der Waals surface area contributed by atoms with Crippen LogP contribution in [0.4, 0.5) is 0 Å². The van der Waals surface area contributed by atoms with Crippen LogP contribution < -0.4 is 0 Å². The first-order valence-corrected chi connectivity index (χ1v) is 9.91. The average molecular weight is 367 g/mol. The van der Waals surface area contributed by atoms with Crippen molar-refractivity contribution < 1.29 is 14.3 Å². The number of thioether (sulfide) groups is 1. The fourth-order valence-electron chi connectivity index (χ4n) is 2.56. The maximum absolute atomic E-state index is 11.8. The van der Waals surface area contributed by atoms with Gasteiger partial charge in [0.1, 0.15) is 0 Å². The van der Waals surface area contributed by atoms with Gasteiger partial charge in [-0.1, -0.05) is 17.8 Å². The van der Waals surface area contributed by atoms with E-state index in [0.717, 1.165) is 35.3 Å². The molecule has 0 radical (unpaired) electrons. The molecule has 8 heteroatoms. The van der Waals surface area contributed by atoms with Gasteiger partial charge in [-0.25, -0.2) is 0 Å². The van der Waals surface area contributed by atoms with Crippen molar-refractivity contribution in [3.05, 3.63) is 17.5 Å². The zero-order valence-electron chi connectivity index (χ0n) is 13.8. The minimum absolute atomic E-state index is 0.107. The molecule has 2 aromatic rings. The first-order valence-electron chi connectivity index (χ1n) is 8.04. The summed E-state index contributed by atoms with van der Waals surface area (Å²) in [5, 5.41) is 11.4. The van der Waals surface area contributed by atoms with E-state index in [4.69, 9.17) is 9.47 Å². The Morgan fingerprint density at radius 2 is 2.42 bits per heavy atom. The fraction of sp³-hybridized carbons (Fsp3) is 0.562. The molecule has 6 nitrogen and oxygen atoms in total. The molecule has 1 aliphatic rings. The van der Waals surface area contributed by atoms with Gasteiger partial charge in [0.05, 0.1) is 29.4 Å². The largest absolute Gasteiger partial charge is 0.462 e. The van der Waals surface area contributed by atoms with Crippen molar-refractivity contribution in [1.82, 2.24) is 14.8 Å². The SMILES string of the molecule is CC(C)OC(=O)CSc1nnc(-c2cccs2)n1CC1CCCO1. The molecule has 1 aliphatic heterocycles. The molecule has 3 rings (SSSR count). The number of carbonyl (C=O) groups excluding carboxylic acids is 1. The minimum Gasteiger partial charge on any atom is -0.462 e. The summed E-state index contributed by atoms with van der Waals surface area (Å²) < 4.78 is 13.0. The third-order valence-corrected chi connectivity index (χ3v) is 5.36. The van der Waals surface area contributed by atoms with E-state index in [1.165, 1.54) is 11.8 Å². The number of rotatable bonds is 7. The zero-order valence-corrected chi connectivity index (χ0v) is 15.4. The van der Waals surface area contributed by atoms with Gasteiger partial charge < -0.3 is 9.47 Å². The fourth-order valence-corrected chi connectivity index (χ4v) is 4.01. The smallest absolute Gasteiger partial charge is 0.316 e. The Bertz CT molecular complexity index is 664. The molecule has 0 aliphatic carbocycles. The molecule has 0 amide bonds. The zero-order chi connectivity index (χ0) is 16.9. The Kier molecular flexibility index (Phi) is 5.91. The van der Waals surface area contributed by atoms with Crippen molar-refractivity contribution in [2.24, 2.45) is 0 Å². The summed E-state index contributed by atoms with van der Waals surface area (Å²) in [6.07, 6.45) is 2.21. The van der Waals surface area contributed by atoms with Gasteiger partial charge in [0.2, 0.25) is 0 Å². The number of thiophene rings is 1. The van der Waals surface area contributed by atoms with Gasteiger partial charge in [0, 0.05) is 6.61 Å². The highest BCUT2D eigenvalue weighted by molar-refractivity contribution is 7.99. The molecule has 2 aromatic heterocycles. The molecule has 130 valence electrons. The topological polar surface area (TPSA) is 66.2 Å². The molecule has 1 unspecified atom stereocenters. The second-order valence-electron chi connectivity index (χ2n) is 5.86. The Labute approximate surface area is 149 Å². The normalized spacial score (nSPS) is 17.5. The van der Waals surface area contributed by atoms with Gasteiger partial charge in [0.25, 0.3) is 0 Å². The summed E-state index contributed by atoms with van der Waals surface area (Å²) >= 11 is 2.99. The second-order valence-corrected chi connectivity index (χ2v) is 7.75. The van der Waals surface area contributed by atoms with Crippen molar-refractivity contribution in [1.29, 1.82) is 0 Å². The van der Waals surface area contributed by atoms with Crippen LogP contribution in [0.1, 0.15) is 26.7 Å². The Morgan fingerprint density at radius 3 is 3.08 bits per heavy atom. The van der Waals surface area contributed by atoms with Gasteiger partial charge in [0.15, 0.2) is 11.0 Å². The molecule has 0 bridgehead atoms. The van der Waals surface area contributed by atoms with Crippen LogP contribution in [0.15, 0.2) is 22.7 Å². The minimum atomic E-state index is -0.237. The maximum atomic E-state index is 11.8. The summed E-state index contributed by atoms with van der Waals surface area (Å²) in [7, 11) is 0. The summed E-state index contributed by atoms with van der Waals surface area (Å²) in [5.74, 6) is 0.825. The molecule has 24 heavy (non-hydrogen) atoms. The van der Waals surface area contributed by atoms with Gasteiger partial charge in [-0.15, -0.1) is 21.5 Å². The highest BCUT2D eigenvalue weighted by Crippen LogP contribution is 2.29. The van der Waals surface area contributed by atoms with E-state index < -0.39 is 0 Å². The molecule has 1 atom stereocenters. The number of carbonyl (C=O) groups is 1. The predicted octanol–water partition coefficient (Wildman–Crippen LogP) is 3.23. The molecular formula is C16H21N3O3S2. The molecule has 1 fully saturated rings. The molecule has 0 saturated carbocycles. The van der Waals surface area contributed by atoms with Crippen molar-refractivity contribution in [3.63, 3.8) is 0 Å². The third-order valence-electron chi connectivity index (χ3n) is 3.55. The Hall–Kier alpha value is -1.38. The average Bonchev–Trinajstić information content (AvgIpc) is 3.27. The van der Waals surface area contributed by atoms with Gasteiger partial charge >= 0.3 is 5.97 Å². The number of ether oxygens (including phenoxy) is 2. The van der Waals surface area contributed by atoms with Gasteiger partial charge in [-0.05, 0) is 38.1 Å². The maximum Gasteiger partial charge on any atom is 0.316 e. The van der Waals surface area contributed by atoms with Crippen molar-refractivity contribution in [3.8, 4) is 10.7 Å². The number of hydrogen-bond donors (Lipinski definition) is 0. The summed E-state index contributed by atoms with van der Waals surface area (Å²) in [5.41, 5.74) is 0. The third kappa shape index (κ3) is 4.37. The molecule has 0 N–H and O–H groups in total. The second kappa shape index (κ2) is 8.13. The highest BCUT2D eigenvalue weighted by atomic mass is 32.2. The molecule has 3 heterocycles. The van der Waals surface area contributed by atoms with Crippen molar-refractivity contribution >= 4 is 29.1 Å². The van der Waals surface area contributed by atoms with E-state index in [1.807, 2.05) is 31.4 Å². The predicted molar refractivity (Wildman–Crippen MR) is 94.3 cm³/mol. The van der Waals surface area contributed by atoms with Crippen LogP contribution in [-0.2, 0) is 20.8 Å². The highest BCUT2D eigenvalue weighted by Gasteiger charge is 2.22. The number of hydrogen-bond acceptors (Lipinski definition) is 7. The van der Waals surface area contributed by atoms with Gasteiger partial charge in [-0.3, -0.25) is 9.36 Å². The summed E-state index contributed by atoms with van der Waals surface area (Å²) in [6, 6.07) is 4.03. The number of aromatic nitrogens is 3. The van der Waals surface area contributed by atoms with E-state index in [0.29, 0.717) is 6.54 Å². The van der Waals surface area contributed by atoms with Crippen LogP contribution in [0, 0.1) is 0 Å². The van der Waals surface area contributed by atoms with Crippen molar-refractivity contribution in [2.75, 3.05) is 12.4 Å². The van der Waals surface area contributed by atoms with Crippen LogP contribution in [0.25, 0.3) is 10.7 Å². The van der Waals surface area contributed by atoms with Crippen molar-refractivity contribution in [2.45, 2.75) is 50.6 Å². The Morgan fingerprint density at radius 1 is 1.54 bits per heavy atom. The first-order chi connectivity index (χ1) is 11.6. The van der Waals surface area contributed by atoms with E-state index in [2.05, 4.69) is 14.8 Å². The van der Waals surface area contributed by atoms with Crippen LogP contribution in [0.3, 0.4) is 0 Å². The lowest BCUT2D eigenvalue weighted by atomic mass is 10.2. The summed E-state index contributed by atoms with van der Waals surface area (Å²) in [4.78, 5) is 12.9. The molecule has 1 saturated heterocycles. The van der Waals surface area contributed by atoms with E-state index in [1.54, 1.807) is 11.3 Å². The van der Waals surface area contributed by atoms with Crippen LogP contribution >= 0.6 is 23.1 Å². The molecule has 0 spiro atoms. The Balaban J connectivity index is 1.76. The molecular weight excluding hydrogens is 346 g/mol. The number of nitrogens with zero attached hydrogens (tertiary/aromatic N) is 3. The lowest BCUT2D eigenvalue weighted by Gasteiger charge is -2.14. The van der Waals surface area contributed by atoms with Gasteiger partial charge in [-0.2, -0.15) is 0 Å². The summed E-state index contributed by atoms with van der Waals surface area (Å²) in [6.45, 7) is 5.21. The monoisotopic (exact) mass is 367 g/mol. The molecule has 0 aromatic carbocycles. The van der Waals surface area contributed by atoms with E-state index >= 15 is 0 Å².